The Labute approximate surface area is 121 Å². The van der Waals surface area contributed by atoms with Crippen molar-refractivity contribution in [2.75, 3.05) is 38.0 Å². The minimum absolute atomic E-state index is 0.0313. The number of urea groups is 1. The van der Waals surface area contributed by atoms with E-state index in [0.717, 1.165) is 31.9 Å². The molecule has 1 aromatic carbocycles. The van der Waals surface area contributed by atoms with Gasteiger partial charge in [-0.1, -0.05) is 13.0 Å². The molecule has 0 bridgehead atoms. The average Bonchev–Trinajstić information content (AvgIpc) is 2.44. The number of nitrogens with zero attached hydrogens (tertiary/aromatic N) is 1. The van der Waals surface area contributed by atoms with Gasteiger partial charge in [0.1, 0.15) is 0 Å². The fraction of sp³-hybridized carbons (Fsp3) is 0.562. The van der Waals surface area contributed by atoms with Crippen molar-refractivity contribution in [2.45, 2.75) is 27.2 Å². The molecule has 2 rings (SSSR count). The molecule has 110 valence electrons. The van der Waals surface area contributed by atoms with Crippen molar-refractivity contribution in [1.29, 1.82) is 0 Å². The highest BCUT2D eigenvalue weighted by molar-refractivity contribution is 5.89. The highest BCUT2D eigenvalue weighted by Gasteiger charge is 2.22. The van der Waals surface area contributed by atoms with Crippen LogP contribution in [0.25, 0.3) is 0 Å². The third-order valence-corrected chi connectivity index (χ3v) is 4.12. The molecule has 1 aromatic rings. The molecule has 2 amide bonds. The zero-order chi connectivity index (χ0) is 14.5. The van der Waals surface area contributed by atoms with Crippen molar-refractivity contribution < 1.29 is 9.69 Å². The van der Waals surface area contributed by atoms with E-state index in [4.69, 9.17) is 0 Å². The second-order valence-corrected chi connectivity index (χ2v) is 5.72. The molecule has 1 aliphatic heterocycles. The quantitative estimate of drug-likeness (QED) is 0.861. The highest BCUT2D eigenvalue weighted by Crippen LogP contribution is 2.14. The Bertz CT molecular complexity index is 465. The number of aryl methyl sites for hydroxylation is 2. The van der Waals surface area contributed by atoms with E-state index in [1.807, 2.05) is 23.1 Å². The van der Waals surface area contributed by atoms with Gasteiger partial charge in [0.05, 0.1) is 32.7 Å². The van der Waals surface area contributed by atoms with Gasteiger partial charge in [-0.25, -0.2) is 4.79 Å². The van der Waals surface area contributed by atoms with Gasteiger partial charge in [0.2, 0.25) is 0 Å². The number of carbonyl (C=O) groups excluding carboxylic acids is 1. The van der Waals surface area contributed by atoms with Gasteiger partial charge in [0, 0.05) is 5.69 Å². The van der Waals surface area contributed by atoms with E-state index in [-0.39, 0.29) is 6.03 Å². The summed E-state index contributed by atoms with van der Waals surface area (Å²) in [7, 11) is 0. The maximum Gasteiger partial charge on any atom is 0.322 e. The Morgan fingerprint density at radius 2 is 1.95 bits per heavy atom. The van der Waals surface area contributed by atoms with Crippen LogP contribution in [0.4, 0.5) is 10.5 Å². The summed E-state index contributed by atoms with van der Waals surface area (Å²) in [4.78, 5) is 15.8. The van der Waals surface area contributed by atoms with Gasteiger partial charge in [-0.15, -0.1) is 0 Å². The number of benzene rings is 1. The summed E-state index contributed by atoms with van der Waals surface area (Å²) in [5.74, 6) is 0. The van der Waals surface area contributed by atoms with Crippen LogP contribution in [0.2, 0.25) is 0 Å². The second-order valence-electron chi connectivity index (χ2n) is 5.72. The standard InChI is InChI=1S/C16H25N3O/c1-4-7-18-8-10-19(11-9-18)16(20)17-15-6-5-13(2)14(3)12-15/h5-6,12H,4,7-11H2,1-3H3,(H,17,20)/p+1. The molecule has 0 aliphatic carbocycles. The zero-order valence-corrected chi connectivity index (χ0v) is 12.8. The largest absolute Gasteiger partial charge is 0.332 e. The van der Waals surface area contributed by atoms with Crippen LogP contribution in [0.1, 0.15) is 24.5 Å². The van der Waals surface area contributed by atoms with E-state index in [2.05, 4.69) is 26.1 Å². The van der Waals surface area contributed by atoms with Gasteiger partial charge in [-0.3, -0.25) is 0 Å². The highest BCUT2D eigenvalue weighted by atomic mass is 16.2. The van der Waals surface area contributed by atoms with Crippen LogP contribution < -0.4 is 10.2 Å². The molecule has 1 fully saturated rings. The molecule has 0 aromatic heterocycles. The fourth-order valence-electron chi connectivity index (χ4n) is 2.65. The summed E-state index contributed by atoms with van der Waals surface area (Å²) >= 11 is 0. The first kappa shape index (κ1) is 14.9. The second kappa shape index (κ2) is 6.75. The van der Waals surface area contributed by atoms with E-state index in [1.54, 1.807) is 4.90 Å². The number of hydrogen-bond acceptors (Lipinski definition) is 1. The summed E-state index contributed by atoms with van der Waals surface area (Å²) < 4.78 is 0. The Morgan fingerprint density at radius 1 is 1.25 bits per heavy atom. The maximum atomic E-state index is 12.2. The van der Waals surface area contributed by atoms with Gasteiger partial charge in [0.25, 0.3) is 0 Å². The van der Waals surface area contributed by atoms with Gasteiger partial charge in [-0.2, -0.15) is 0 Å². The predicted molar refractivity (Wildman–Crippen MR) is 82.4 cm³/mol. The van der Waals surface area contributed by atoms with E-state index in [1.165, 1.54) is 24.1 Å². The number of anilines is 1. The Balaban J connectivity index is 1.88. The molecule has 20 heavy (non-hydrogen) atoms. The normalized spacial score (nSPS) is 16.2. The molecule has 0 atom stereocenters. The van der Waals surface area contributed by atoms with E-state index in [9.17, 15) is 4.79 Å². The van der Waals surface area contributed by atoms with Crippen LogP contribution in [0.15, 0.2) is 18.2 Å². The minimum Gasteiger partial charge on any atom is -0.332 e. The SMILES string of the molecule is CCC[NH+]1CCN(C(=O)Nc2ccc(C)c(C)c2)CC1. The minimum atomic E-state index is 0.0313. The van der Waals surface area contributed by atoms with Crippen molar-refractivity contribution in [1.82, 2.24) is 4.90 Å². The molecule has 1 saturated heterocycles. The molecular formula is C16H26N3O+. The summed E-state index contributed by atoms with van der Waals surface area (Å²) in [6.07, 6.45) is 1.21. The molecule has 2 N–H and O–H groups in total. The lowest BCUT2D eigenvalue weighted by Crippen LogP contribution is -3.14. The molecule has 0 saturated carbocycles. The molecular weight excluding hydrogens is 250 g/mol. The topological polar surface area (TPSA) is 36.8 Å². The third-order valence-electron chi connectivity index (χ3n) is 4.12. The van der Waals surface area contributed by atoms with Crippen LogP contribution in [-0.2, 0) is 0 Å². The van der Waals surface area contributed by atoms with Crippen LogP contribution in [0.5, 0.6) is 0 Å². The number of carbonyl (C=O) groups is 1. The predicted octanol–water partition coefficient (Wildman–Crippen LogP) is 1.45. The summed E-state index contributed by atoms with van der Waals surface area (Å²) in [6.45, 7) is 11.4. The average molecular weight is 276 g/mol. The van der Waals surface area contributed by atoms with Crippen LogP contribution >= 0.6 is 0 Å². The number of quaternary nitrogens is 1. The molecule has 0 radical (unpaired) electrons. The van der Waals surface area contributed by atoms with Crippen LogP contribution in [-0.4, -0.2) is 43.7 Å². The van der Waals surface area contributed by atoms with E-state index >= 15 is 0 Å². The molecule has 4 nitrogen and oxygen atoms in total. The first-order valence-electron chi connectivity index (χ1n) is 7.57. The van der Waals surface area contributed by atoms with E-state index in [0.29, 0.717) is 0 Å². The molecule has 1 heterocycles. The number of hydrogen-bond donors (Lipinski definition) is 2. The smallest absolute Gasteiger partial charge is 0.322 e. The number of rotatable bonds is 3. The summed E-state index contributed by atoms with van der Waals surface area (Å²) in [5, 5.41) is 3.00. The maximum absolute atomic E-state index is 12.2. The van der Waals surface area contributed by atoms with Crippen molar-refractivity contribution in [3.63, 3.8) is 0 Å². The van der Waals surface area contributed by atoms with E-state index < -0.39 is 0 Å². The first-order chi connectivity index (χ1) is 9.60. The number of piperazine rings is 1. The molecule has 1 aliphatic rings. The number of amides is 2. The summed E-state index contributed by atoms with van der Waals surface area (Å²) in [6, 6.07) is 6.09. The number of nitrogens with one attached hydrogen (secondary N) is 2. The lowest BCUT2D eigenvalue weighted by Gasteiger charge is -2.32. The van der Waals surface area contributed by atoms with Crippen molar-refractivity contribution in [3.8, 4) is 0 Å². The van der Waals surface area contributed by atoms with Gasteiger partial charge >= 0.3 is 6.03 Å². The van der Waals surface area contributed by atoms with Crippen molar-refractivity contribution >= 4 is 11.7 Å². The Kier molecular flexibility index (Phi) is 5.01. The molecule has 0 unspecified atom stereocenters. The van der Waals surface area contributed by atoms with Crippen LogP contribution in [0, 0.1) is 13.8 Å². The third kappa shape index (κ3) is 3.73. The van der Waals surface area contributed by atoms with Crippen molar-refractivity contribution in [2.24, 2.45) is 0 Å². The lowest BCUT2D eigenvalue weighted by molar-refractivity contribution is -0.904. The first-order valence-corrected chi connectivity index (χ1v) is 7.57. The summed E-state index contributed by atoms with van der Waals surface area (Å²) in [5.41, 5.74) is 3.35. The molecule has 4 heteroatoms. The van der Waals surface area contributed by atoms with Gasteiger partial charge in [-0.05, 0) is 43.5 Å². The van der Waals surface area contributed by atoms with Gasteiger partial charge < -0.3 is 15.1 Å². The lowest BCUT2D eigenvalue weighted by atomic mass is 10.1. The fourth-order valence-corrected chi connectivity index (χ4v) is 2.65. The zero-order valence-electron chi connectivity index (χ0n) is 12.8. The van der Waals surface area contributed by atoms with Crippen LogP contribution in [0.3, 0.4) is 0 Å². The Morgan fingerprint density at radius 3 is 2.55 bits per heavy atom. The van der Waals surface area contributed by atoms with Crippen molar-refractivity contribution in [3.05, 3.63) is 29.3 Å². The molecule has 0 spiro atoms. The van der Waals surface area contributed by atoms with Gasteiger partial charge in [0.15, 0.2) is 0 Å². The Hall–Kier alpha value is -1.55. The monoisotopic (exact) mass is 276 g/mol.